The largest absolute Gasteiger partial charge is 0.320 e. The summed E-state index contributed by atoms with van der Waals surface area (Å²) in [4.78, 5) is 1.01. The van der Waals surface area contributed by atoms with Crippen molar-refractivity contribution >= 4 is 21.4 Å². The first-order chi connectivity index (χ1) is 7.06. The van der Waals surface area contributed by atoms with Crippen LogP contribution in [0.5, 0.6) is 0 Å². The van der Waals surface area contributed by atoms with E-state index >= 15 is 0 Å². The fourth-order valence-corrected chi connectivity index (χ4v) is 3.50. The van der Waals surface area contributed by atoms with E-state index in [1.807, 2.05) is 20.0 Å². The van der Waals surface area contributed by atoms with Crippen LogP contribution in [0.4, 0.5) is 0 Å². The molecule has 0 fully saturated rings. The van der Waals surface area contributed by atoms with Crippen molar-refractivity contribution in [3.05, 3.63) is 17.0 Å². The molecule has 0 unspecified atom stereocenters. The maximum absolute atomic E-state index is 11.7. The molecule has 0 aliphatic rings. The van der Waals surface area contributed by atoms with Crippen LogP contribution in [0, 0.1) is 6.92 Å². The van der Waals surface area contributed by atoms with E-state index in [0.29, 0.717) is 10.8 Å². The van der Waals surface area contributed by atoms with Crippen LogP contribution in [0.3, 0.4) is 0 Å². The second kappa shape index (κ2) is 5.60. The Balaban J connectivity index is 2.53. The molecule has 1 rings (SSSR count). The molecule has 15 heavy (non-hydrogen) atoms. The van der Waals surface area contributed by atoms with Gasteiger partial charge in [0.2, 0.25) is 10.0 Å². The number of thiophene rings is 1. The monoisotopic (exact) mass is 248 g/mol. The molecule has 0 radical (unpaired) electrons. The summed E-state index contributed by atoms with van der Waals surface area (Å²) in [6.45, 7) is 3.18. The molecule has 1 aromatic heterocycles. The predicted molar refractivity (Wildman–Crippen MR) is 62.8 cm³/mol. The van der Waals surface area contributed by atoms with Crippen LogP contribution in [-0.4, -0.2) is 28.6 Å². The molecule has 0 atom stereocenters. The highest BCUT2D eigenvalue weighted by atomic mass is 32.2. The van der Waals surface area contributed by atoms with Crippen molar-refractivity contribution in [1.29, 1.82) is 0 Å². The maximum atomic E-state index is 11.7. The molecular formula is C9H16N2O2S2. The van der Waals surface area contributed by atoms with E-state index in [2.05, 4.69) is 10.0 Å². The highest BCUT2D eigenvalue weighted by molar-refractivity contribution is 7.91. The van der Waals surface area contributed by atoms with E-state index < -0.39 is 10.0 Å². The Kier molecular flexibility index (Phi) is 4.72. The minimum absolute atomic E-state index is 0.393. The molecule has 4 nitrogen and oxygen atoms in total. The molecule has 2 N–H and O–H groups in total. The van der Waals surface area contributed by atoms with Crippen molar-refractivity contribution in [2.24, 2.45) is 0 Å². The summed E-state index contributed by atoms with van der Waals surface area (Å²) < 4.78 is 26.3. The van der Waals surface area contributed by atoms with Crippen LogP contribution in [0.25, 0.3) is 0 Å². The van der Waals surface area contributed by atoms with Crippen molar-refractivity contribution in [2.45, 2.75) is 17.6 Å². The van der Waals surface area contributed by atoms with Crippen molar-refractivity contribution in [3.63, 3.8) is 0 Å². The molecule has 0 spiro atoms. The Morgan fingerprint density at radius 3 is 2.60 bits per heavy atom. The molecule has 0 aliphatic carbocycles. The zero-order chi connectivity index (χ0) is 11.3. The summed E-state index contributed by atoms with van der Waals surface area (Å²) >= 11 is 1.29. The molecule has 0 saturated heterocycles. The minimum Gasteiger partial charge on any atom is -0.320 e. The lowest BCUT2D eigenvalue weighted by Gasteiger charge is -2.03. The van der Waals surface area contributed by atoms with Gasteiger partial charge in [-0.15, -0.1) is 11.3 Å². The quantitative estimate of drug-likeness (QED) is 0.737. The van der Waals surface area contributed by atoms with Crippen LogP contribution < -0.4 is 10.0 Å². The fourth-order valence-electron chi connectivity index (χ4n) is 1.10. The van der Waals surface area contributed by atoms with Crippen molar-refractivity contribution < 1.29 is 8.42 Å². The van der Waals surface area contributed by atoms with E-state index in [0.717, 1.165) is 17.8 Å². The molecule has 0 aliphatic heterocycles. The number of nitrogens with one attached hydrogen (secondary N) is 2. The molecule has 0 aromatic carbocycles. The fraction of sp³-hybridized carbons (Fsp3) is 0.556. The third kappa shape index (κ3) is 3.90. The first-order valence-electron chi connectivity index (χ1n) is 4.77. The van der Waals surface area contributed by atoms with Gasteiger partial charge in [0.05, 0.1) is 0 Å². The average Bonchev–Trinajstić information content (AvgIpc) is 2.60. The Hall–Kier alpha value is -0.430. The van der Waals surface area contributed by atoms with Gasteiger partial charge in [0.15, 0.2) is 0 Å². The van der Waals surface area contributed by atoms with Gasteiger partial charge in [-0.2, -0.15) is 0 Å². The van der Waals surface area contributed by atoms with Gasteiger partial charge in [0, 0.05) is 11.4 Å². The molecule has 86 valence electrons. The summed E-state index contributed by atoms with van der Waals surface area (Å²) in [5.41, 5.74) is 0. The van der Waals surface area contributed by atoms with Crippen LogP contribution in [0.1, 0.15) is 11.3 Å². The molecule has 1 aromatic rings. The van der Waals surface area contributed by atoms with Crippen molar-refractivity contribution in [2.75, 3.05) is 20.1 Å². The van der Waals surface area contributed by atoms with Gasteiger partial charge in [0.1, 0.15) is 4.21 Å². The van der Waals surface area contributed by atoms with Crippen molar-refractivity contribution in [3.8, 4) is 0 Å². The molecule has 0 amide bonds. The lowest BCUT2D eigenvalue weighted by atomic mass is 10.4. The maximum Gasteiger partial charge on any atom is 0.250 e. The lowest BCUT2D eigenvalue weighted by Crippen LogP contribution is -2.26. The van der Waals surface area contributed by atoms with E-state index in [1.165, 1.54) is 11.3 Å². The summed E-state index contributed by atoms with van der Waals surface area (Å²) in [6.07, 6.45) is 0.792. The molecule has 1 heterocycles. The SMILES string of the molecule is CNCCCNS(=O)(=O)c1ccc(C)s1. The lowest BCUT2D eigenvalue weighted by molar-refractivity contribution is 0.579. The zero-order valence-corrected chi connectivity index (χ0v) is 10.5. The highest BCUT2D eigenvalue weighted by Crippen LogP contribution is 2.19. The molecule has 0 saturated carbocycles. The van der Waals surface area contributed by atoms with E-state index in [-0.39, 0.29) is 0 Å². The van der Waals surface area contributed by atoms with Gasteiger partial charge < -0.3 is 5.32 Å². The molecule has 6 heteroatoms. The first kappa shape index (κ1) is 12.6. The number of rotatable bonds is 6. The number of hydrogen-bond donors (Lipinski definition) is 2. The normalized spacial score (nSPS) is 11.9. The van der Waals surface area contributed by atoms with Gasteiger partial charge in [-0.3, -0.25) is 0 Å². The van der Waals surface area contributed by atoms with Crippen LogP contribution in [-0.2, 0) is 10.0 Å². The van der Waals surface area contributed by atoms with Gasteiger partial charge >= 0.3 is 0 Å². The van der Waals surface area contributed by atoms with Gasteiger partial charge in [-0.05, 0) is 39.1 Å². The van der Waals surface area contributed by atoms with E-state index in [1.54, 1.807) is 6.07 Å². The summed E-state index contributed by atoms with van der Waals surface area (Å²) in [5, 5.41) is 2.97. The Labute approximate surface area is 94.8 Å². The average molecular weight is 248 g/mol. The smallest absolute Gasteiger partial charge is 0.250 e. The van der Waals surface area contributed by atoms with Crippen molar-refractivity contribution in [1.82, 2.24) is 10.0 Å². The zero-order valence-electron chi connectivity index (χ0n) is 8.91. The van der Waals surface area contributed by atoms with Gasteiger partial charge in [0.25, 0.3) is 0 Å². The molecular weight excluding hydrogens is 232 g/mol. The van der Waals surface area contributed by atoms with Gasteiger partial charge in [-0.25, -0.2) is 13.1 Å². The second-order valence-corrected chi connectivity index (χ2v) is 6.50. The minimum atomic E-state index is -3.28. The number of hydrogen-bond acceptors (Lipinski definition) is 4. The first-order valence-corrected chi connectivity index (χ1v) is 7.07. The Bertz CT molecular complexity index is 398. The third-order valence-electron chi connectivity index (χ3n) is 1.88. The van der Waals surface area contributed by atoms with Crippen LogP contribution >= 0.6 is 11.3 Å². The Morgan fingerprint density at radius 1 is 1.33 bits per heavy atom. The second-order valence-electron chi connectivity index (χ2n) is 3.22. The number of aryl methyl sites for hydroxylation is 1. The Morgan fingerprint density at radius 2 is 2.07 bits per heavy atom. The van der Waals surface area contributed by atoms with E-state index in [4.69, 9.17) is 0 Å². The topological polar surface area (TPSA) is 58.2 Å². The standard InChI is InChI=1S/C9H16N2O2S2/c1-8-4-5-9(14-8)15(12,13)11-7-3-6-10-2/h4-5,10-11H,3,6-7H2,1-2H3. The summed E-state index contributed by atoms with van der Waals surface area (Å²) in [7, 11) is -1.43. The third-order valence-corrected chi connectivity index (χ3v) is 4.83. The van der Waals surface area contributed by atoms with E-state index in [9.17, 15) is 8.42 Å². The number of sulfonamides is 1. The predicted octanol–water partition coefficient (Wildman–Crippen LogP) is 0.944. The van der Waals surface area contributed by atoms with Crippen LogP contribution in [0.15, 0.2) is 16.3 Å². The highest BCUT2D eigenvalue weighted by Gasteiger charge is 2.14. The van der Waals surface area contributed by atoms with Gasteiger partial charge in [-0.1, -0.05) is 0 Å². The summed E-state index contributed by atoms with van der Waals surface area (Å²) in [5.74, 6) is 0. The van der Waals surface area contributed by atoms with Crippen LogP contribution in [0.2, 0.25) is 0 Å². The molecule has 0 bridgehead atoms. The summed E-state index contributed by atoms with van der Waals surface area (Å²) in [6, 6.07) is 3.45.